The summed E-state index contributed by atoms with van der Waals surface area (Å²) in [7, 11) is 2.88. The number of nitrogens with zero attached hydrogens (tertiary/aromatic N) is 1. The van der Waals surface area contributed by atoms with Crippen molar-refractivity contribution < 1.29 is 33.3 Å². The molecule has 2 aromatic rings. The summed E-state index contributed by atoms with van der Waals surface area (Å²) in [5.74, 6) is -3.20. The van der Waals surface area contributed by atoms with Crippen molar-refractivity contribution in [2.45, 2.75) is 19.8 Å². The number of rotatable bonds is 11. The zero-order valence-electron chi connectivity index (χ0n) is 21.8. The van der Waals surface area contributed by atoms with E-state index in [0.717, 1.165) is 11.8 Å². The Morgan fingerprint density at radius 1 is 1.10 bits per heavy atom. The number of carbonyl (C=O) groups is 3. The summed E-state index contributed by atoms with van der Waals surface area (Å²) in [6.07, 6.45) is 0. The van der Waals surface area contributed by atoms with Gasteiger partial charge in [0.25, 0.3) is 0 Å². The molecule has 2 aromatic carbocycles. The van der Waals surface area contributed by atoms with E-state index < -0.39 is 29.6 Å². The molecule has 0 saturated heterocycles. The lowest BCUT2D eigenvalue weighted by Gasteiger charge is -2.32. The number of methoxy groups -OCH3 is 2. The Morgan fingerprint density at radius 2 is 1.82 bits per heavy atom. The molecule has 0 unspecified atom stereocenters. The number of hydrogen-bond donors (Lipinski definition) is 2. The molecule has 2 N–H and O–H groups in total. The first kappa shape index (κ1) is 29.7. The van der Waals surface area contributed by atoms with E-state index in [1.165, 1.54) is 26.4 Å². The molecule has 0 saturated carbocycles. The normalized spacial score (nSPS) is 16.6. The summed E-state index contributed by atoms with van der Waals surface area (Å²) >= 11 is 7.09. The molecule has 0 radical (unpaired) electrons. The van der Waals surface area contributed by atoms with Gasteiger partial charge in [-0.15, -0.1) is 0 Å². The molecular formula is C27H28ClN3O7S. The number of ether oxygens (including phenoxy) is 4. The number of thioether (sulfide) groups is 1. The summed E-state index contributed by atoms with van der Waals surface area (Å²) < 4.78 is 21.4. The molecule has 12 heteroatoms. The average molecular weight is 574 g/mol. The third-order valence-electron chi connectivity index (χ3n) is 5.72. The molecule has 1 heterocycles. The van der Waals surface area contributed by atoms with Crippen molar-refractivity contribution >= 4 is 46.8 Å². The maximum absolute atomic E-state index is 13.2. The molecule has 1 aliphatic rings. The zero-order valence-corrected chi connectivity index (χ0v) is 23.4. The van der Waals surface area contributed by atoms with Gasteiger partial charge in [0, 0.05) is 23.6 Å². The van der Waals surface area contributed by atoms with Crippen molar-refractivity contribution in [3.63, 3.8) is 0 Å². The summed E-state index contributed by atoms with van der Waals surface area (Å²) in [4.78, 5) is 38.9. The lowest BCUT2D eigenvalue weighted by molar-refractivity contribution is -0.152. The Labute approximate surface area is 235 Å². The van der Waals surface area contributed by atoms with Gasteiger partial charge in [-0.1, -0.05) is 41.6 Å². The summed E-state index contributed by atoms with van der Waals surface area (Å²) in [6.45, 7) is 3.84. The molecule has 10 nitrogen and oxygen atoms in total. The highest BCUT2D eigenvalue weighted by atomic mass is 35.5. The first-order valence-electron chi connectivity index (χ1n) is 12.0. The lowest BCUT2D eigenvalue weighted by atomic mass is 9.78. The molecule has 0 aromatic heterocycles. The van der Waals surface area contributed by atoms with E-state index >= 15 is 0 Å². The first-order chi connectivity index (χ1) is 18.8. The van der Waals surface area contributed by atoms with Crippen molar-refractivity contribution in [2.24, 2.45) is 5.92 Å². The van der Waals surface area contributed by atoms with Gasteiger partial charge < -0.3 is 29.6 Å². The molecule has 2 atom stereocenters. The fourth-order valence-corrected chi connectivity index (χ4v) is 5.15. The van der Waals surface area contributed by atoms with Crippen molar-refractivity contribution in [1.29, 1.82) is 5.26 Å². The molecule has 206 valence electrons. The third kappa shape index (κ3) is 6.77. The van der Waals surface area contributed by atoms with Crippen LogP contribution in [0, 0.1) is 17.2 Å². The Bertz CT molecular complexity index is 1320. The highest BCUT2D eigenvalue weighted by Crippen LogP contribution is 2.43. The molecule has 0 bridgehead atoms. The molecule has 0 fully saturated rings. The minimum atomic E-state index is -1.31. The molecular weight excluding hydrogens is 546 g/mol. The number of nitriles is 1. The first-order valence-corrected chi connectivity index (χ1v) is 13.3. The maximum Gasteiger partial charge on any atom is 0.319 e. The van der Waals surface area contributed by atoms with Crippen LogP contribution in [0.25, 0.3) is 0 Å². The van der Waals surface area contributed by atoms with Crippen LogP contribution >= 0.6 is 23.4 Å². The van der Waals surface area contributed by atoms with Gasteiger partial charge in [-0.2, -0.15) is 5.26 Å². The molecule has 3 rings (SSSR count). The van der Waals surface area contributed by atoms with Gasteiger partial charge >= 0.3 is 5.97 Å². The number of anilines is 1. The number of nitrogens with one attached hydrogen (secondary N) is 2. The average Bonchev–Trinajstić information content (AvgIpc) is 2.92. The van der Waals surface area contributed by atoms with Gasteiger partial charge in [-0.25, -0.2) is 0 Å². The van der Waals surface area contributed by atoms with Gasteiger partial charge in [0.15, 0.2) is 0 Å². The standard InChI is InChI=1S/C27H28ClN3O7S/c1-5-37-19-10-8-7-9-15(19)23-16(13-29)26(31-25(33)24(23)27(34)38-6-2)39-14-22(32)30-18-12-20(35-3)17(28)11-21(18)36-4/h7-12,23-24H,5-6,14H2,1-4H3,(H,30,32)(H,31,33)/t23-,24+/m0/s1. The van der Waals surface area contributed by atoms with E-state index in [9.17, 15) is 19.6 Å². The molecule has 0 spiro atoms. The van der Waals surface area contributed by atoms with Gasteiger partial charge in [0.05, 0.1) is 60.6 Å². The number of halogens is 1. The van der Waals surface area contributed by atoms with Crippen LogP contribution < -0.4 is 24.8 Å². The van der Waals surface area contributed by atoms with E-state index in [0.29, 0.717) is 40.1 Å². The second kappa shape index (κ2) is 13.8. The third-order valence-corrected chi connectivity index (χ3v) is 7.03. The number of allylic oxidation sites excluding steroid dienone is 1. The van der Waals surface area contributed by atoms with E-state index in [1.54, 1.807) is 38.1 Å². The van der Waals surface area contributed by atoms with E-state index in [4.69, 9.17) is 30.5 Å². The summed E-state index contributed by atoms with van der Waals surface area (Å²) in [5.41, 5.74) is 0.935. The highest BCUT2D eigenvalue weighted by molar-refractivity contribution is 8.03. The van der Waals surface area contributed by atoms with Crippen LogP contribution in [-0.2, 0) is 19.1 Å². The molecule has 2 amide bonds. The number of amides is 2. The monoisotopic (exact) mass is 573 g/mol. The predicted octanol–water partition coefficient (Wildman–Crippen LogP) is 4.26. The quantitative estimate of drug-likeness (QED) is 0.298. The maximum atomic E-state index is 13.2. The fourth-order valence-electron chi connectivity index (χ4n) is 4.07. The number of hydrogen-bond acceptors (Lipinski definition) is 9. The minimum absolute atomic E-state index is 0.0643. The van der Waals surface area contributed by atoms with E-state index in [-0.39, 0.29) is 23.0 Å². The second-order valence-electron chi connectivity index (χ2n) is 8.05. The largest absolute Gasteiger partial charge is 0.495 e. The number of para-hydroxylation sites is 1. The summed E-state index contributed by atoms with van der Waals surface area (Å²) in [6, 6.07) is 12.1. The Kier molecular flexibility index (Phi) is 10.5. The summed E-state index contributed by atoms with van der Waals surface area (Å²) in [5, 5.41) is 16.0. The molecule has 0 aliphatic carbocycles. The second-order valence-corrected chi connectivity index (χ2v) is 9.44. The Hall–Kier alpha value is -3.88. The number of carbonyl (C=O) groups excluding carboxylic acids is 3. The van der Waals surface area contributed by atoms with Gasteiger partial charge in [-0.3, -0.25) is 14.4 Å². The van der Waals surface area contributed by atoms with Gasteiger partial charge in [-0.05, 0) is 19.9 Å². The number of esters is 1. The number of benzene rings is 2. The molecule has 39 heavy (non-hydrogen) atoms. The van der Waals surface area contributed by atoms with Crippen LogP contribution in [0.1, 0.15) is 25.3 Å². The van der Waals surface area contributed by atoms with Crippen LogP contribution in [0.5, 0.6) is 17.2 Å². The van der Waals surface area contributed by atoms with E-state index in [1.807, 2.05) is 0 Å². The topological polar surface area (TPSA) is 136 Å². The van der Waals surface area contributed by atoms with Gasteiger partial charge in [0.2, 0.25) is 11.8 Å². The van der Waals surface area contributed by atoms with Crippen LogP contribution in [0.3, 0.4) is 0 Å². The minimum Gasteiger partial charge on any atom is -0.495 e. The Balaban J connectivity index is 1.95. The van der Waals surface area contributed by atoms with Crippen molar-refractivity contribution in [1.82, 2.24) is 5.32 Å². The predicted molar refractivity (Wildman–Crippen MR) is 147 cm³/mol. The van der Waals surface area contributed by atoms with Crippen molar-refractivity contribution in [3.05, 3.63) is 57.6 Å². The Morgan fingerprint density at radius 3 is 2.46 bits per heavy atom. The zero-order chi connectivity index (χ0) is 28.5. The van der Waals surface area contributed by atoms with Crippen LogP contribution in [-0.4, -0.2) is 51.0 Å². The lowest BCUT2D eigenvalue weighted by Crippen LogP contribution is -2.44. The fraction of sp³-hybridized carbons (Fsp3) is 0.333. The molecule has 1 aliphatic heterocycles. The highest BCUT2D eigenvalue weighted by Gasteiger charge is 2.45. The van der Waals surface area contributed by atoms with Crippen LogP contribution in [0.2, 0.25) is 5.02 Å². The smallest absolute Gasteiger partial charge is 0.319 e. The van der Waals surface area contributed by atoms with E-state index in [2.05, 4.69) is 16.7 Å². The van der Waals surface area contributed by atoms with Crippen LogP contribution in [0.4, 0.5) is 5.69 Å². The SMILES string of the molecule is CCOC(=O)[C@H]1C(=O)NC(SCC(=O)Nc2cc(OC)c(Cl)cc2OC)=C(C#N)[C@@H]1c1ccccc1OCC. The van der Waals surface area contributed by atoms with Crippen molar-refractivity contribution in [2.75, 3.05) is 38.5 Å². The van der Waals surface area contributed by atoms with Crippen LogP contribution in [0.15, 0.2) is 47.0 Å². The van der Waals surface area contributed by atoms with Gasteiger partial charge in [0.1, 0.15) is 23.2 Å². The van der Waals surface area contributed by atoms with Crippen molar-refractivity contribution in [3.8, 4) is 23.3 Å².